The second-order valence-electron chi connectivity index (χ2n) is 8.05. The molecule has 1 aromatic heterocycles. The molecule has 0 saturated carbocycles. The number of nitrogens with zero attached hydrogens (tertiary/aromatic N) is 2. The summed E-state index contributed by atoms with van der Waals surface area (Å²) in [4.78, 5) is 30.8. The van der Waals surface area contributed by atoms with Crippen molar-refractivity contribution in [1.29, 1.82) is 0 Å². The monoisotopic (exact) mass is 477 g/mol. The maximum atomic E-state index is 13.4. The first kappa shape index (κ1) is 23.1. The van der Waals surface area contributed by atoms with Crippen LogP contribution >= 0.6 is 23.4 Å². The largest absolute Gasteiger partial charge is 0.325 e. The first-order chi connectivity index (χ1) is 15.8. The van der Waals surface area contributed by atoms with E-state index in [0.717, 1.165) is 11.3 Å². The van der Waals surface area contributed by atoms with E-state index in [1.165, 1.54) is 17.3 Å². The van der Waals surface area contributed by atoms with Crippen LogP contribution in [0.3, 0.4) is 0 Å². The number of amides is 1. The molecular weight excluding hydrogens is 454 g/mol. The maximum Gasteiger partial charge on any atom is 0.266 e. The van der Waals surface area contributed by atoms with Gasteiger partial charge in [-0.1, -0.05) is 67.5 Å². The van der Waals surface area contributed by atoms with Gasteiger partial charge in [-0.3, -0.25) is 14.2 Å². The van der Waals surface area contributed by atoms with Crippen molar-refractivity contribution in [3.05, 3.63) is 93.2 Å². The van der Waals surface area contributed by atoms with Crippen LogP contribution < -0.4 is 10.9 Å². The Bertz CT molecular complexity index is 1380. The average Bonchev–Trinajstić information content (AvgIpc) is 2.81. The fourth-order valence-corrected chi connectivity index (χ4v) is 4.49. The van der Waals surface area contributed by atoms with Crippen molar-refractivity contribution in [2.75, 3.05) is 11.1 Å². The summed E-state index contributed by atoms with van der Waals surface area (Å²) in [6, 6.07) is 20.5. The predicted molar refractivity (Wildman–Crippen MR) is 137 cm³/mol. The molecule has 0 saturated heterocycles. The van der Waals surface area contributed by atoms with E-state index in [-0.39, 0.29) is 17.2 Å². The van der Waals surface area contributed by atoms with Gasteiger partial charge in [0.25, 0.3) is 5.56 Å². The molecule has 1 heterocycles. The molecule has 33 heavy (non-hydrogen) atoms. The standard InChI is InChI=1S/C26H24ClN3O2S/c1-16(2)18-11-13-19(14-12-18)30-25(32)20-7-4-5-9-23(20)29-26(30)33-15-24(31)28-22-10-6-8-21(27)17(22)3/h4-14,16H,15H2,1-3H3,(H,28,31). The number of rotatable bonds is 6. The van der Waals surface area contributed by atoms with Crippen LogP contribution in [0.1, 0.15) is 30.9 Å². The first-order valence-corrected chi connectivity index (χ1v) is 12.0. The minimum Gasteiger partial charge on any atom is -0.325 e. The number of aromatic nitrogens is 2. The van der Waals surface area contributed by atoms with E-state index < -0.39 is 0 Å². The third kappa shape index (κ3) is 4.97. The Morgan fingerprint density at radius 2 is 1.79 bits per heavy atom. The fraction of sp³-hybridized carbons (Fsp3) is 0.192. The Morgan fingerprint density at radius 3 is 2.52 bits per heavy atom. The Balaban J connectivity index is 1.67. The van der Waals surface area contributed by atoms with E-state index in [1.54, 1.807) is 22.8 Å². The molecule has 1 N–H and O–H groups in total. The average molecular weight is 478 g/mol. The number of thioether (sulfide) groups is 1. The van der Waals surface area contributed by atoms with Gasteiger partial charge in [-0.2, -0.15) is 0 Å². The molecule has 4 rings (SSSR count). The summed E-state index contributed by atoms with van der Waals surface area (Å²) >= 11 is 7.38. The molecule has 168 valence electrons. The number of anilines is 1. The molecule has 5 nitrogen and oxygen atoms in total. The van der Waals surface area contributed by atoms with Crippen LogP contribution in [0.5, 0.6) is 0 Å². The molecule has 3 aromatic carbocycles. The van der Waals surface area contributed by atoms with Gasteiger partial charge < -0.3 is 5.32 Å². The van der Waals surface area contributed by atoms with Crippen molar-refractivity contribution in [3.8, 4) is 5.69 Å². The van der Waals surface area contributed by atoms with Crippen LogP contribution in [0.4, 0.5) is 5.69 Å². The highest BCUT2D eigenvalue weighted by Crippen LogP contribution is 2.25. The normalized spacial score (nSPS) is 11.2. The quantitative estimate of drug-likeness (QED) is 0.265. The summed E-state index contributed by atoms with van der Waals surface area (Å²) in [6.45, 7) is 6.11. The van der Waals surface area contributed by atoms with Crippen LogP contribution in [0, 0.1) is 6.92 Å². The lowest BCUT2D eigenvalue weighted by molar-refractivity contribution is -0.113. The molecule has 0 aliphatic carbocycles. The lowest BCUT2D eigenvalue weighted by atomic mass is 10.0. The number of para-hydroxylation sites is 1. The molecule has 0 radical (unpaired) electrons. The zero-order valence-electron chi connectivity index (χ0n) is 18.6. The second-order valence-corrected chi connectivity index (χ2v) is 9.40. The summed E-state index contributed by atoms with van der Waals surface area (Å²) in [7, 11) is 0. The van der Waals surface area contributed by atoms with E-state index in [9.17, 15) is 9.59 Å². The molecule has 0 aliphatic rings. The van der Waals surface area contributed by atoms with Gasteiger partial charge in [0.1, 0.15) is 0 Å². The SMILES string of the molecule is Cc1c(Cl)cccc1NC(=O)CSc1nc2ccccc2c(=O)n1-c1ccc(C(C)C)cc1. The molecule has 0 unspecified atom stereocenters. The van der Waals surface area contributed by atoms with Gasteiger partial charge in [0, 0.05) is 10.7 Å². The summed E-state index contributed by atoms with van der Waals surface area (Å²) in [6.07, 6.45) is 0. The number of nitrogens with one attached hydrogen (secondary N) is 1. The molecule has 1 amide bonds. The van der Waals surface area contributed by atoms with Crippen molar-refractivity contribution >= 4 is 45.9 Å². The molecule has 7 heteroatoms. The van der Waals surface area contributed by atoms with Gasteiger partial charge in [-0.15, -0.1) is 0 Å². The number of carbonyl (C=O) groups is 1. The van der Waals surface area contributed by atoms with Gasteiger partial charge in [0.2, 0.25) is 5.91 Å². The van der Waals surface area contributed by atoms with Crippen LogP contribution in [0.2, 0.25) is 5.02 Å². The van der Waals surface area contributed by atoms with E-state index in [2.05, 4.69) is 19.2 Å². The van der Waals surface area contributed by atoms with Gasteiger partial charge >= 0.3 is 0 Å². The van der Waals surface area contributed by atoms with Crippen molar-refractivity contribution in [2.45, 2.75) is 31.8 Å². The maximum absolute atomic E-state index is 13.4. The van der Waals surface area contributed by atoms with Crippen LogP contribution in [0.25, 0.3) is 16.6 Å². The van der Waals surface area contributed by atoms with Crippen LogP contribution in [0.15, 0.2) is 76.7 Å². The van der Waals surface area contributed by atoms with Crippen LogP contribution in [-0.2, 0) is 4.79 Å². The summed E-state index contributed by atoms with van der Waals surface area (Å²) in [5, 5.41) is 4.49. The summed E-state index contributed by atoms with van der Waals surface area (Å²) in [5.41, 5.74) is 3.82. The highest BCUT2D eigenvalue weighted by atomic mass is 35.5. The fourth-order valence-electron chi connectivity index (χ4n) is 3.50. The lowest BCUT2D eigenvalue weighted by Gasteiger charge is -2.15. The second kappa shape index (κ2) is 9.81. The number of fused-ring (bicyclic) bond motifs is 1. The third-order valence-electron chi connectivity index (χ3n) is 5.44. The zero-order valence-corrected chi connectivity index (χ0v) is 20.2. The molecule has 0 atom stereocenters. The zero-order chi connectivity index (χ0) is 23.5. The van der Waals surface area contributed by atoms with Gasteiger partial charge in [-0.05, 0) is 60.4 Å². The van der Waals surface area contributed by atoms with E-state index in [0.29, 0.717) is 32.7 Å². The number of benzene rings is 3. The summed E-state index contributed by atoms with van der Waals surface area (Å²) < 4.78 is 1.58. The Kier molecular flexibility index (Phi) is 6.86. The van der Waals surface area contributed by atoms with Gasteiger partial charge in [0.05, 0.1) is 22.3 Å². The number of carbonyl (C=O) groups excluding carboxylic acids is 1. The molecule has 0 bridgehead atoms. The van der Waals surface area contributed by atoms with E-state index in [4.69, 9.17) is 16.6 Å². The number of hydrogen-bond donors (Lipinski definition) is 1. The minimum absolute atomic E-state index is 0.0980. The molecule has 0 fully saturated rings. The van der Waals surface area contributed by atoms with Crippen molar-refractivity contribution in [2.24, 2.45) is 0 Å². The van der Waals surface area contributed by atoms with Gasteiger partial charge in [-0.25, -0.2) is 4.98 Å². The highest BCUT2D eigenvalue weighted by molar-refractivity contribution is 7.99. The molecule has 0 spiro atoms. The van der Waals surface area contributed by atoms with Gasteiger partial charge in [0.15, 0.2) is 5.16 Å². The minimum atomic E-state index is -0.200. The van der Waals surface area contributed by atoms with Crippen molar-refractivity contribution in [3.63, 3.8) is 0 Å². The highest BCUT2D eigenvalue weighted by Gasteiger charge is 2.16. The Morgan fingerprint density at radius 1 is 1.06 bits per heavy atom. The van der Waals surface area contributed by atoms with Crippen LogP contribution in [-0.4, -0.2) is 21.2 Å². The molecule has 0 aliphatic heterocycles. The van der Waals surface area contributed by atoms with E-state index >= 15 is 0 Å². The topological polar surface area (TPSA) is 64.0 Å². The van der Waals surface area contributed by atoms with Crippen molar-refractivity contribution in [1.82, 2.24) is 9.55 Å². The third-order valence-corrected chi connectivity index (χ3v) is 6.79. The smallest absolute Gasteiger partial charge is 0.266 e. The van der Waals surface area contributed by atoms with E-state index in [1.807, 2.05) is 55.5 Å². The summed E-state index contributed by atoms with van der Waals surface area (Å²) in [5.74, 6) is 0.285. The predicted octanol–water partition coefficient (Wildman–Crippen LogP) is 6.20. The molecular formula is C26H24ClN3O2S. The Hall–Kier alpha value is -3.09. The molecule has 4 aromatic rings. The first-order valence-electron chi connectivity index (χ1n) is 10.6. The lowest BCUT2D eigenvalue weighted by Crippen LogP contribution is -2.23. The number of hydrogen-bond acceptors (Lipinski definition) is 4. The Labute approximate surface area is 201 Å². The number of halogens is 1. The van der Waals surface area contributed by atoms with Crippen molar-refractivity contribution < 1.29 is 4.79 Å².